The van der Waals surface area contributed by atoms with Gasteiger partial charge in [-0.2, -0.15) is 0 Å². The molecular formula is C16H33NO3. The van der Waals surface area contributed by atoms with Crippen molar-refractivity contribution in [2.24, 2.45) is 5.73 Å². The summed E-state index contributed by atoms with van der Waals surface area (Å²) in [4.78, 5) is 11.2. The molecule has 0 aliphatic rings. The van der Waals surface area contributed by atoms with Gasteiger partial charge < -0.3 is 15.6 Å². The first-order chi connectivity index (χ1) is 9.70. The molecule has 0 saturated heterocycles. The van der Waals surface area contributed by atoms with E-state index >= 15 is 0 Å². The van der Waals surface area contributed by atoms with Crippen molar-refractivity contribution >= 4 is 5.97 Å². The van der Waals surface area contributed by atoms with E-state index in [1.54, 1.807) is 0 Å². The number of hydrogen-bond acceptors (Lipinski definition) is 4. The highest BCUT2D eigenvalue weighted by molar-refractivity contribution is 5.69. The van der Waals surface area contributed by atoms with E-state index in [0.717, 1.165) is 12.8 Å². The molecule has 0 aliphatic carbocycles. The summed E-state index contributed by atoms with van der Waals surface area (Å²) in [6.45, 7) is 2.81. The summed E-state index contributed by atoms with van der Waals surface area (Å²) in [6, 6.07) is 0. The van der Waals surface area contributed by atoms with Crippen molar-refractivity contribution < 1.29 is 14.6 Å². The van der Waals surface area contributed by atoms with Crippen molar-refractivity contribution in [2.45, 2.75) is 83.7 Å². The Hall–Kier alpha value is -0.610. The molecule has 0 fully saturated rings. The lowest BCUT2D eigenvalue weighted by atomic mass is 10.1. The highest BCUT2D eigenvalue weighted by Gasteiger charge is 2.09. The van der Waals surface area contributed by atoms with E-state index in [9.17, 15) is 9.90 Å². The van der Waals surface area contributed by atoms with Gasteiger partial charge in [0.2, 0.25) is 0 Å². The van der Waals surface area contributed by atoms with Crippen LogP contribution in [0.2, 0.25) is 0 Å². The number of nitrogens with two attached hydrogens (primary N) is 1. The van der Waals surface area contributed by atoms with Gasteiger partial charge >= 0.3 is 5.97 Å². The summed E-state index contributed by atoms with van der Waals surface area (Å²) in [5.74, 6) is -0.348. The highest BCUT2D eigenvalue weighted by atomic mass is 16.5. The van der Waals surface area contributed by atoms with Crippen LogP contribution < -0.4 is 5.73 Å². The molecule has 0 aromatic rings. The van der Waals surface area contributed by atoms with Gasteiger partial charge in [-0.3, -0.25) is 4.79 Å². The van der Waals surface area contributed by atoms with E-state index in [2.05, 4.69) is 6.92 Å². The Kier molecular flexibility index (Phi) is 14.3. The van der Waals surface area contributed by atoms with E-state index in [-0.39, 0.29) is 18.9 Å². The first-order valence-corrected chi connectivity index (χ1v) is 8.24. The van der Waals surface area contributed by atoms with Crippen LogP contribution in [0.5, 0.6) is 0 Å². The number of aliphatic hydroxyl groups excluding tert-OH is 1. The van der Waals surface area contributed by atoms with Gasteiger partial charge in [0.05, 0.1) is 19.1 Å². The average Bonchev–Trinajstić information content (AvgIpc) is 2.44. The van der Waals surface area contributed by atoms with Gasteiger partial charge in [0.15, 0.2) is 0 Å². The smallest absolute Gasteiger partial charge is 0.308 e. The summed E-state index contributed by atoms with van der Waals surface area (Å²) >= 11 is 0. The number of esters is 1. The second kappa shape index (κ2) is 14.8. The predicted octanol–water partition coefficient (Wildman–Crippen LogP) is 3.16. The molecule has 0 radical (unpaired) electrons. The minimum atomic E-state index is -0.768. The van der Waals surface area contributed by atoms with Crippen LogP contribution in [0.25, 0.3) is 0 Å². The number of carbonyl (C=O) groups excluding carboxylic acids is 1. The average molecular weight is 287 g/mol. The zero-order valence-corrected chi connectivity index (χ0v) is 13.1. The van der Waals surface area contributed by atoms with Crippen molar-refractivity contribution in [1.82, 2.24) is 0 Å². The van der Waals surface area contributed by atoms with Crippen molar-refractivity contribution in [2.75, 3.05) is 13.2 Å². The maximum absolute atomic E-state index is 11.2. The highest BCUT2D eigenvalue weighted by Crippen LogP contribution is 2.10. The van der Waals surface area contributed by atoms with Crippen LogP contribution >= 0.6 is 0 Å². The van der Waals surface area contributed by atoms with Crippen LogP contribution in [0.15, 0.2) is 0 Å². The fourth-order valence-electron chi connectivity index (χ4n) is 2.11. The van der Waals surface area contributed by atoms with E-state index in [4.69, 9.17) is 10.5 Å². The van der Waals surface area contributed by atoms with E-state index in [1.165, 1.54) is 51.4 Å². The lowest BCUT2D eigenvalue weighted by molar-refractivity contribution is -0.145. The van der Waals surface area contributed by atoms with E-state index < -0.39 is 6.10 Å². The van der Waals surface area contributed by atoms with Crippen LogP contribution in [0, 0.1) is 0 Å². The van der Waals surface area contributed by atoms with Crippen LogP contribution in [0.3, 0.4) is 0 Å². The molecule has 1 unspecified atom stereocenters. The Morgan fingerprint density at radius 2 is 1.50 bits per heavy atom. The van der Waals surface area contributed by atoms with Gasteiger partial charge in [0.25, 0.3) is 0 Å². The van der Waals surface area contributed by atoms with Gasteiger partial charge in [0.1, 0.15) is 0 Å². The Morgan fingerprint density at radius 3 is 2.00 bits per heavy atom. The molecule has 0 saturated carbocycles. The fourth-order valence-corrected chi connectivity index (χ4v) is 2.11. The molecule has 1 atom stereocenters. The standard InChI is InChI=1S/C16H33NO3/c1-2-3-4-5-6-7-8-9-10-11-12-20-16(19)13-15(18)14-17/h15,18H,2-14,17H2,1H3. The number of rotatable bonds is 14. The van der Waals surface area contributed by atoms with Crippen molar-refractivity contribution in [3.63, 3.8) is 0 Å². The molecule has 4 heteroatoms. The molecule has 4 nitrogen and oxygen atoms in total. The van der Waals surface area contributed by atoms with E-state index in [0.29, 0.717) is 6.61 Å². The molecule has 120 valence electrons. The third-order valence-corrected chi connectivity index (χ3v) is 3.44. The maximum Gasteiger partial charge on any atom is 0.308 e. The molecule has 0 heterocycles. The molecular weight excluding hydrogens is 254 g/mol. The second-order valence-corrected chi connectivity index (χ2v) is 5.50. The number of carbonyl (C=O) groups is 1. The largest absolute Gasteiger partial charge is 0.466 e. The Bertz CT molecular complexity index is 222. The van der Waals surface area contributed by atoms with Gasteiger partial charge in [-0.05, 0) is 6.42 Å². The first kappa shape index (κ1) is 19.4. The predicted molar refractivity (Wildman–Crippen MR) is 82.5 cm³/mol. The third kappa shape index (κ3) is 13.8. The topological polar surface area (TPSA) is 72.5 Å². The summed E-state index contributed by atoms with van der Waals surface area (Å²) in [6.07, 6.45) is 11.9. The molecule has 0 aliphatic heterocycles. The van der Waals surface area contributed by atoms with Gasteiger partial charge in [-0.1, -0.05) is 64.7 Å². The summed E-state index contributed by atoms with van der Waals surface area (Å²) in [5, 5.41) is 9.18. The monoisotopic (exact) mass is 287 g/mol. The lowest BCUT2D eigenvalue weighted by Gasteiger charge is -2.08. The molecule has 0 spiro atoms. The van der Waals surface area contributed by atoms with Crippen molar-refractivity contribution in [3.05, 3.63) is 0 Å². The summed E-state index contributed by atoms with van der Waals surface area (Å²) in [7, 11) is 0. The molecule has 0 rings (SSSR count). The Morgan fingerprint density at radius 1 is 1.00 bits per heavy atom. The summed E-state index contributed by atoms with van der Waals surface area (Å²) in [5.41, 5.74) is 5.22. The molecule has 0 aromatic carbocycles. The zero-order chi connectivity index (χ0) is 15.1. The second-order valence-electron chi connectivity index (χ2n) is 5.50. The first-order valence-electron chi connectivity index (χ1n) is 8.24. The van der Waals surface area contributed by atoms with Crippen molar-refractivity contribution in [1.29, 1.82) is 0 Å². The van der Waals surface area contributed by atoms with Gasteiger partial charge in [-0.15, -0.1) is 0 Å². The maximum atomic E-state index is 11.2. The lowest BCUT2D eigenvalue weighted by Crippen LogP contribution is -2.24. The molecule has 0 bridgehead atoms. The number of ether oxygens (including phenoxy) is 1. The van der Waals surface area contributed by atoms with Crippen LogP contribution in [0.4, 0.5) is 0 Å². The van der Waals surface area contributed by atoms with Crippen LogP contribution in [0.1, 0.15) is 77.6 Å². The minimum absolute atomic E-state index is 0.00819. The number of hydrogen-bond donors (Lipinski definition) is 2. The van der Waals surface area contributed by atoms with E-state index in [1.807, 2.05) is 0 Å². The SMILES string of the molecule is CCCCCCCCCCCCOC(=O)CC(O)CN. The quantitative estimate of drug-likeness (QED) is 0.380. The molecule has 20 heavy (non-hydrogen) atoms. The molecule has 3 N–H and O–H groups in total. The molecule has 0 amide bonds. The van der Waals surface area contributed by atoms with Gasteiger partial charge in [0, 0.05) is 6.54 Å². The third-order valence-electron chi connectivity index (χ3n) is 3.44. The minimum Gasteiger partial charge on any atom is -0.466 e. The number of unbranched alkanes of at least 4 members (excludes halogenated alkanes) is 9. The zero-order valence-electron chi connectivity index (χ0n) is 13.1. The Balaban J connectivity index is 3.14. The normalized spacial score (nSPS) is 12.3. The van der Waals surface area contributed by atoms with Crippen LogP contribution in [-0.4, -0.2) is 30.3 Å². The number of aliphatic hydroxyl groups is 1. The Labute approximate surface area is 124 Å². The van der Waals surface area contributed by atoms with Crippen LogP contribution in [-0.2, 0) is 9.53 Å². The van der Waals surface area contributed by atoms with Crippen molar-refractivity contribution in [3.8, 4) is 0 Å². The fraction of sp³-hybridized carbons (Fsp3) is 0.938. The molecule has 0 aromatic heterocycles. The van der Waals surface area contributed by atoms with Gasteiger partial charge in [-0.25, -0.2) is 0 Å². The summed E-state index contributed by atoms with van der Waals surface area (Å²) < 4.78 is 5.03.